The lowest BCUT2D eigenvalue weighted by Gasteiger charge is -2.38. The Labute approximate surface area is 249 Å². The van der Waals surface area contributed by atoms with Gasteiger partial charge in [0.05, 0.1) is 0 Å². The predicted octanol–water partition coefficient (Wildman–Crippen LogP) is 0.789. The number of hydrogen-bond donors (Lipinski definition) is 6. The zero-order valence-electron chi connectivity index (χ0n) is 23.7. The first-order valence-electron chi connectivity index (χ1n) is 14.6. The first kappa shape index (κ1) is 32.6. The van der Waals surface area contributed by atoms with Crippen LogP contribution in [0.4, 0.5) is 8.78 Å². The van der Waals surface area contributed by atoms with Gasteiger partial charge in [-0.15, -0.1) is 0 Å². The Balaban J connectivity index is 1.25. The van der Waals surface area contributed by atoms with Crippen LogP contribution in [-0.4, -0.2) is 80.8 Å². The number of carbonyl (C=O) groups is 3. The van der Waals surface area contributed by atoms with Crippen LogP contribution in [-0.2, 0) is 4.79 Å². The lowest BCUT2D eigenvalue weighted by Crippen LogP contribution is -2.45. The van der Waals surface area contributed by atoms with Gasteiger partial charge in [-0.1, -0.05) is 12.1 Å². The molecule has 2 aromatic carbocycles. The highest BCUT2D eigenvalue weighted by molar-refractivity contribution is 6.59. The molecule has 2 aliphatic rings. The molecule has 4 rings (SSSR count). The number of carboxylic acids is 1. The largest absolute Gasteiger partial charge is 0.491 e. The summed E-state index contributed by atoms with van der Waals surface area (Å²) >= 11 is 0. The third-order valence-corrected chi connectivity index (χ3v) is 8.74. The third kappa shape index (κ3) is 8.41. The van der Waals surface area contributed by atoms with E-state index in [4.69, 9.17) is 10.0 Å². The lowest BCUT2D eigenvalue weighted by molar-refractivity contribution is -0.138. The van der Waals surface area contributed by atoms with Crippen molar-refractivity contribution in [3.05, 3.63) is 59.2 Å². The summed E-state index contributed by atoms with van der Waals surface area (Å²) in [6.07, 6.45) is 7.27. The number of nitrogens with zero attached hydrogens (tertiary/aromatic N) is 1. The summed E-state index contributed by atoms with van der Waals surface area (Å²) in [7, 11) is -3.98. The highest BCUT2D eigenvalue weighted by Gasteiger charge is 2.33. The minimum atomic E-state index is -2.03. The smallest absolute Gasteiger partial charge is 0.480 e. The van der Waals surface area contributed by atoms with Gasteiger partial charge in [0.2, 0.25) is 0 Å². The maximum atomic E-state index is 14.3. The van der Waals surface area contributed by atoms with E-state index in [1.54, 1.807) is 0 Å². The number of aliphatic carboxylic acids is 1. The fourth-order valence-corrected chi connectivity index (χ4v) is 6.40. The Hall–Kier alpha value is -3.32. The van der Waals surface area contributed by atoms with Crippen molar-refractivity contribution in [2.75, 3.05) is 6.54 Å². The van der Waals surface area contributed by atoms with E-state index in [1.807, 2.05) is 0 Å². The Morgan fingerprint density at radius 3 is 1.74 bits per heavy atom. The number of hydrogen-bond acceptors (Lipinski definition) is 7. The van der Waals surface area contributed by atoms with E-state index in [0.29, 0.717) is 24.7 Å². The Morgan fingerprint density at radius 1 is 0.767 bits per heavy atom. The normalized spacial score (nSPS) is 22.0. The maximum Gasteiger partial charge on any atom is 0.491 e. The second kappa shape index (κ2) is 14.4. The summed E-state index contributed by atoms with van der Waals surface area (Å²) in [5.41, 5.74) is -0.607. The molecule has 0 bridgehead atoms. The molecule has 14 heteroatoms. The van der Waals surface area contributed by atoms with Gasteiger partial charge in [-0.2, -0.15) is 0 Å². The number of benzene rings is 2. The van der Waals surface area contributed by atoms with E-state index in [2.05, 4.69) is 5.32 Å². The number of carboxylic acid groups (broad SMARTS) is 1. The second-order valence-corrected chi connectivity index (χ2v) is 11.6. The molecule has 0 saturated heterocycles. The number of amides is 2. The Kier molecular flexibility index (Phi) is 10.9. The summed E-state index contributed by atoms with van der Waals surface area (Å²) in [5, 5.41) is 49.1. The summed E-state index contributed by atoms with van der Waals surface area (Å²) in [4.78, 5) is 38.6. The molecule has 2 amide bonds. The highest BCUT2D eigenvalue weighted by Crippen LogP contribution is 2.37. The number of halogens is 2. The quantitative estimate of drug-likeness (QED) is 0.218. The van der Waals surface area contributed by atoms with Crippen molar-refractivity contribution < 1.29 is 48.4 Å². The summed E-state index contributed by atoms with van der Waals surface area (Å²) in [5.74, 6) is -3.13. The van der Waals surface area contributed by atoms with Crippen molar-refractivity contribution in [1.29, 1.82) is 0 Å². The van der Waals surface area contributed by atoms with E-state index >= 15 is 0 Å². The Morgan fingerprint density at radius 2 is 1.26 bits per heavy atom. The molecule has 10 nitrogen and oxygen atoms in total. The van der Waals surface area contributed by atoms with E-state index in [-0.39, 0.29) is 34.1 Å². The average Bonchev–Trinajstić information content (AvgIpc) is 2.96. The van der Waals surface area contributed by atoms with Gasteiger partial charge < -0.3 is 35.4 Å². The SMILES string of the molecule is O=C(O)CN(C(=O)c1ccc(B(O)O)c(F)c1)C1CCC(CC2CCC(NC(=O)c3ccc(B(O)O)c(F)c3)CC2)CC1. The van der Waals surface area contributed by atoms with Crippen LogP contribution >= 0.6 is 0 Å². The second-order valence-electron chi connectivity index (χ2n) is 11.6. The van der Waals surface area contributed by atoms with E-state index < -0.39 is 50.2 Å². The molecule has 43 heavy (non-hydrogen) atoms. The van der Waals surface area contributed by atoms with Gasteiger partial charge in [0.25, 0.3) is 11.8 Å². The molecular formula is C29H36B2F2N2O8. The number of rotatable bonds is 10. The van der Waals surface area contributed by atoms with Gasteiger partial charge in [-0.25, -0.2) is 8.78 Å². The predicted molar refractivity (Wildman–Crippen MR) is 155 cm³/mol. The zero-order valence-corrected chi connectivity index (χ0v) is 23.7. The molecule has 0 aliphatic heterocycles. The molecule has 0 spiro atoms. The summed E-state index contributed by atoms with van der Waals surface area (Å²) in [6.45, 7) is -0.518. The molecule has 0 heterocycles. The molecule has 2 saturated carbocycles. The van der Waals surface area contributed by atoms with Crippen LogP contribution in [0.5, 0.6) is 0 Å². The van der Waals surface area contributed by atoms with E-state index in [1.165, 1.54) is 23.1 Å². The number of nitrogens with one attached hydrogen (secondary N) is 1. The summed E-state index contributed by atoms with van der Waals surface area (Å²) in [6, 6.07) is 6.44. The molecule has 0 atom stereocenters. The van der Waals surface area contributed by atoms with Crippen molar-refractivity contribution in [2.24, 2.45) is 11.8 Å². The topological polar surface area (TPSA) is 168 Å². The third-order valence-electron chi connectivity index (χ3n) is 8.74. The lowest BCUT2D eigenvalue weighted by atomic mass is 9.75. The van der Waals surface area contributed by atoms with Crippen LogP contribution in [0.1, 0.15) is 78.5 Å². The molecule has 2 aromatic rings. The first-order chi connectivity index (χ1) is 20.4. The van der Waals surface area contributed by atoms with Crippen LogP contribution in [0.25, 0.3) is 0 Å². The van der Waals surface area contributed by atoms with Gasteiger partial charge >= 0.3 is 20.2 Å². The van der Waals surface area contributed by atoms with Crippen molar-refractivity contribution in [3.63, 3.8) is 0 Å². The van der Waals surface area contributed by atoms with Crippen LogP contribution in [0.15, 0.2) is 36.4 Å². The molecule has 6 N–H and O–H groups in total. The fraction of sp³-hybridized carbons (Fsp3) is 0.483. The molecule has 2 aliphatic carbocycles. The zero-order chi connectivity index (χ0) is 31.3. The van der Waals surface area contributed by atoms with Crippen LogP contribution in [0.3, 0.4) is 0 Å². The minimum Gasteiger partial charge on any atom is -0.480 e. The van der Waals surface area contributed by atoms with Crippen molar-refractivity contribution in [1.82, 2.24) is 10.2 Å². The molecular weight excluding hydrogens is 564 g/mol. The van der Waals surface area contributed by atoms with Gasteiger partial charge in [0.15, 0.2) is 0 Å². The first-order valence-corrected chi connectivity index (χ1v) is 14.6. The monoisotopic (exact) mass is 600 g/mol. The van der Waals surface area contributed by atoms with Crippen molar-refractivity contribution >= 4 is 42.9 Å². The van der Waals surface area contributed by atoms with Crippen molar-refractivity contribution in [2.45, 2.75) is 69.9 Å². The molecule has 0 aromatic heterocycles. The van der Waals surface area contributed by atoms with E-state index in [0.717, 1.165) is 63.1 Å². The molecule has 0 radical (unpaired) electrons. The van der Waals surface area contributed by atoms with Crippen LogP contribution in [0.2, 0.25) is 0 Å². The van der Waals surface area contributed by atoms with Crippen molar-refractivity contribution in [3.8, 4) is 0 Å². The number of carbonyl (C=O) groups excluding carboxylic acids is 2. The Bertz CT molecular complexity index is 1320. The van der Waals surface area contributed by atoms with Gasteiger partial charge in [0.1, 0.15) is 18.2 Å². The molecule has 230 valence electrons. The molecule has 2 fully saturated rings. The minimum absolute atomic E-state index is 0.0409. The van der Waals surface area contributed by atoms with Gasteiger partial charge in [-0.3, -0.25) is 14.4 Å². The van der Waals surface area contributed by atoms with Gasteiger partial charge in [0, 0.05) is 34.1 Å². The highest BCUT2D eigenvalue weighted by atomic mass is 19.1. The maximum absolute atomic E-state index is 14.3. The molecule has 0 unspecified atom stereocenters. The van der Waals surface area contributed by atoms with Gasteiger partial charge in [-0.05, 0) is 93.9 Å². The van der Waals surface area contributed by atoms with E-state index in [9.17, 15) is 38.3 Å². The standard InChI is InChI=1S/C29H36B2F2N2O8/c32-25-14-19(5-11-23(25)30(40)41)28(38)34-21-7-1-17(2-8-21)13-18-3-9-22(10-4-18)35(16-27(36)37)29(39)20-6-12-24(31(42)43)26(33)15-20/h5-6,11-12,14-15,17-18,21-22,40-43H,1-4,7-10,13,16H2,(H,34,38)(H,36,37). The van der Waals surface area contributed by atoms with Crippen LogP contribution < -0.4 is 16.2 Å². The fourth-order valence-electron chi connectivity index (χ4n) is 6.40. The summed E-state index contributed by atoms with van der Waals surface area (Å²) < 4.78 is 28.3. The van der Waals surface area contributed by atoms with Crippen LogP contribution in [0, 0.1) is 23.5 Å². The average molecular weight is 600 g/mol.